The number of halogens is 2. The van der Waals surface area contributed by atoms with Crippen LogP contribution in [0.3, 0.4) is 0 Å². The van der Waals surface area contributed by atoms with E-state index in [2.05, 4.69) is 5.32 Å². The van der Waals surface area contributed by atoms with Crippen LogP contribution in [0, 0.1) is 11.7 Å². The van der Waals surface area contributed by atoms with Gasteiger partial charge in [0, 0.05) is 20.0 Å². The Hall–Kier alpha value is -1.22. The van der Waals surface area contributed by atoms with Crippen molar-refractivity contribution in [3.8, 4) is 0 Å². The Bertz CT molecular complexity index is 654. The molecule has 1 fully saturated rings. The van der Waals surface area contributed by atoms with E-state index in [-0.39, 0.29) is 28.9 Å². The lowest BCUT2D eigenvalue weighted by molar-refractivity contribution is -0.114. The number of rotatable bonds is 4. The van der Waals surface area contributed by atoms with Crippen LogP contribution in [0.2, 0.25) is 0 Å². The SMILES string of the molecule is CC(=O)Nc1cc(S(=O)(=O)N2CCC(CN)C2)ccc1F.Cl. The molecule has 1 unspecified atom stereocenters. The molecule has 0 saturated carbocycles. The molecule has 1 aliphatic rings. The number of benzene rings is 1. The predicted octanol–water partition coefficient (Wildman–Crippen LogP) is 1.18. The molecule has 124 valence electrons. The van der Waals surface area contributed by atoms with E-state index in [1.54, 1.807) is 0 Å². The molecule has 6 nitrogen and oxygen atoms in total. The minimum atomic E-state index is -3.70. The Morgan fingerprint density at radius 2 is 2.18 bits per heavy atom. The van der Waals surface area contributed by atoms with Crippen LogP contribution in [0.5, 0.6) is 0 Å². The van der Waals surface area contributed by atoms with Crippen molar-refractivity contribution in [2.75, 3.05) is 25.0 Å². The average molecular weight is 352 g/mol. The zero-order valence-corrected chi connectivity index (χ0v) is 13.7. The number of sulfonamides is 1. The normalized spacial score (nSPS) is 18.8. The van der Waals surface area contributed by atoms with Crippen molar-refractivity contribution in [2.24, 2.45) is 11.7 Å². The van der Waals surface area contributed by atoms with Gasteiger partial charge in [-0.3, -0.25) is 4.79 Å². The highest BCUT2D eigenvalue weighted by Gasteiger charge is 2.32. The number of nitrogens with zero attached hydrogens (tertiary/aromatic N) is 1. The first-order valence-electron chi connectivity index (χ1n) is 6.62. The highest BCUT2D eigenvalue weighted by Crippen LogP contribution is 2.26. The molecule has 1 heterocycles. The Morgan fingerprint density at radius 1 is 1.50 bits per heavy atom. The molecule has 22 heavy (non-hydrogen) atoms. The van der Waals surface area contributed by atoms with Gasteiger partial charge in [0.1, 0.15) is 5.82 Å². The number of hydrogen-bond donors (Lipinski definition) is 2. The van der Waals surface area contributed by atoms with Gasteiger partial charge in [-0.25, -0.2) is 12.8 Å². The van der Waals surface area contributed by atoms with Gasteiger partial charge in [0.15, 0.2) is 0 Å². The third-order valence-corrected chi connectivity index (χ3v) is 5.33. The zero-order valence-electron chi connectivity index (χ0n) is 12.1. The van der Waals surface area contributed by atoms with Gasteiger partial charge in [0.25, 0.3) is 0 Å². The monoisotopic (exact) mass is 351 g/mol. The van der Waals surface area contributed by atoms with Gasteiger partial charge in [-0.1, -0.05) is 0 Å². The Labute approximate surface area is 135 Å². The van der Waals surface area contributed by atoms with Crippen LogP contribution in [-0.2, 0) is 14.8 Å². The first-order chi connectivity index (χ1) is 9.84. The standard InChI is InChI=1S/C13H18FN3O3S.ClH/c1-9(18)16-13-6-11(2-3-12(13)14)21(19,20)17-5-4-10(7-15)8-17;/h2-3,6,10H,4-5,7-8,15H2,1H3,(H,16,18);1H. The van der Waals surface area contributed by atoms with Crippen molar-refractivity contribution in [2.45, 2.75) is 18.2 Å². The molecule has 3 N–H and O–H groups in total. The molecule has 2 rings (SSSR count). The second kappa shape index (κ2) is 7.36. The van der Waals surface area contributed by atoms with Crippen LogP contribution in [-0.4, -0.2) is 38.3 Å². The summed E-state index contributed by atoms with van der Waals surface area (Å²) in [6.45, 7) is 2.43. The van der Waals surface area contributed by atoms with Gasteiger partial charge in [0.2, 0.25) is 15.9 Å². The zero-order chi connectivity index (χ0) is 15.6. The van der Waals surface area contributed by atoms with Crippen LogP contribution in [0.4, 0.5) is 10.1 Å². The fourth-order valence-corrected chi connectivity index (χ4v) is 3.86. The van der Waals surface area contributed by atoms with E-state index in [1.165, 1.54) is 17.3 Å². The van der Waals surface area contributed by atoms with Gasteiger partial charge < -0.3 is 11.1 Å². The van der Waals surface area contributed by atoms with Crippen LogP contribution in [0.25, 0.3) is 0 Å². The molecule has 1 aromatic rings. The van der Waals surface area contributed by atoms with E-state index in [0.717, 1.165) is 18.6 Å². The van der Waals surface area contributed by atoms with Gasteiger partial charge in [-0.15, -0.1) is 12.4 Å². The van der Waals surface area contributed by atoms with Crippen molar-refractivity contribution in [3.05, 3.63) is 24.0 Å². The maximum atomic E-state index is 13.6. The molecule has 9 heteroatoms. The maximum Gasteiger partial charge on any atom is 0.243 e. The summed E-state index contributed by atoms with van der Waals surface area (Å²) in [6, 6.07) is 3.38. The maximum absolute atomic E-state index is 13.6. The molecular formula is C13H19ClFN3O3S. The van der Waals surface area contributed by atoms with Gasteiger partial charge in [-0.2, -0.15) is 4.31 Å². The van der Waals surface area contributed by atoms with E-state index in [4.69, 9.17) is 5.73 Å². The second-order valence-corrected chi connectivity index (χ2v) is 7.01. The fourth-order valence-electron chi connectivity index (χ4n) is 2.31. The summed E-state index contributed by atoms with van der Waals surface area (Å²) in [4.78, 5) is 11.0. The summed E-state index contributed by atoms with van der Waals surface area (Å²) in [5.41, 5.74) is 5.42. The number of hydrogen-bond acceptors (Lipinski definition) is 4. The summed E-state index contributed by atoms with van der Waals surface area (Å²) in [6.07, 6.45) is 0.718. The van der Waals surface area contributed by atoms with Crippen molar-refractivity contribution in [1.29, 1.82) is 0 Å². The summed E-state index contributed by atoms with van der Waals surface area (Å²) < 4.78 is 39.9. The lowest BCUT2D eigenvalue weighted by Gasteiger charge is -2.17. The van der Waals surface area contributed by atoms with Gasteiger partial charge in [0.05, 0.1) is 10.6 Å². The number of carbonyl (C=O) groups excluding carboxylic acids is 1. The molecule has 1 saturated heterocycles. The van der Waals surface area contributed by atoms with Crippen LogP contribution in [0.1, 0.15) is 13.3 Å². The van der Waals surface area contributed by atoms with Crippen molar-refractivity contribution in [1.82, 2.24) is 4.31 Å². The minimum absolute atomic E-state index is 0. The Morgan fingerprint density at radius 3 is 2.73 bits per heavy atom. The molecular weight excluding hydrogens is 333 g/mol. The highest BCUT2D eigenvalue weighted by atomic mass is 35.5. The Balaban J connectivity index is 0.00000242. The number of carbonyl (C=O) groups is 1. The molecule has 0 bridgehead atoms. The van der Waals surface area contributed by atoms with Crippen LogP contribution < -0.4 is 11.1 Å². The lowest BCUT2D eigenvalue weighted by atomic mass is 10.1. The quantitative estimate of drug-likeness (QED) is 0.851. The van der Waals surface area contributed by atoms with Crippen molar-refractivity contribution < 1.29 is 17.6 Å². The topological polar surface area (TPSA) is 92.5 Å². The highest BCUT2D eigenvalue weighted by molar-refractivity contribution is 7.89. The van der Waals surface area contributed by atoms with E-state index in [0.29, 0.717) is 19.6 Å². The summed E-state index contributed by atoms with van der Waals surface area (Å²) >= 11 is 0. The van der Waals surface area contributed by atoms with E-state index >= 15 is 0 Å². The Kier molecular flexibility index (Phi) is 6.30. The largest absolute Gasteiger partial charge is 0.330 e. The van der Waals surface area contributed by atoms with Crippen LogP contribution in [0.15, 0.2) is 23.1 Å². The smallest absolute Gasteiger partial charge is 0.243 e. The number of anilines is 1. The third-order valence-electron chi connectivity index (χ3n) is 3.47. The van der Waals surface area contributed by atoms with E-state index < -0.39 is 21.7 Å². The average Bonchev–Trinajstić information content (AvgIpc) is 2.90. The molecule has 1 amide bonds. The van der Waals surface area contributed by atoms with Gasteiger partial charge in [-0.05, 0) is 37.1 Å². The van der Waals surface area contributed by atoms with E-state index in [9.17, 15) is 17.6 Å². The predicted molar refractivity (Wildman–Crippen MR) is 83.9 cm³/mol. The van der Waals surface area contributed by atoms with Crippen molar-refractivity contribution in [3.63, 3.8) is 0 Å². The van der Waals surface area contributed by atoms with Gasteiger partial charge >= 0.3 is 0 Å². The van der Waals surface area contributed by atoms with E-state index in [1.807, 2.05) is 0 Å². The first kappa shape index (κ1) is 18.8. The number of nitrogens with two attached hydrogens (primary N) is 1. The molecule has 0 aliphatic carbocycles. The molecule has 1 atom stereocenters. The fraction of sp³-hybridized carbons (Fsp3) is 0.462. The minimum Gasteiger partial charge on any atom is -0.330 e. The molecule has 0 spiro atoms. The molecule has 0 aromatic heterocycles. The molecule has 1 aliphatic heterocycles. The number of nitrogens with one attached hydrogen (secondary N) is 1. The lowest BCUT2D eigenvalue weighted by Crippen LogP contribution is -2.30. The molecule has 1 aromatic carbocycles. The molecule has 0 radical (unpaired) electrons. The third kappa shape index (κ3) is 3.95. The second-order valence-electron chi connectivity index (χ2n) is 5.08. The summed E-state index contributed by atoms with van der Waals surface area (Å²) in [5.74, 6) is -0.992. The number of amides is 1. The van der Waals surface area contributed by atoms with Crippen LogP contribution >= 0.6 is 12.4 Å². The van der Waals surface area contributed by atoms with Crippen molar-refractivity contribution >= 4 is 34.0 Å². The summed E-state index contributed by atoms with van der Waals surface area (Å²) in [5, 5.41) is 2.28. The first-order valence-corrected chi connectivity index (χ1v) is 8.06. The summed E-state index contributed by atoms with van der Waals surface area (Å²) in [7, 11) is -3.70.